The molecule has 180 valence electrons. The molecule has 3 amide bonds. The van der Waals surface area contributed by atoms with Crippen LogP contribution in [0.3, 0.4) is 0 Å². The number of nitrogens with zero attached hydrogens (tertiary/aromatic N) is 1. The van der Waals surface area contributed by atoms with Gasteiger partial charge in [0.05, 0.1) is 5.60 Å². The van der Waals surface area contributed by atoms with E-state index in [1.807, 2.05) is 29.2 Å². The largest absolute Gasteiger partial charge is 0.389 e. The summed E-state index contributed by atoms with van der Waals surface area (Å²) in [6.45, 7) is 5.01. The molecule has 6 rings (SSSR count). The summed E-state index contributed by atoms with van der Waals surface area (Å²) in [4.78, 5) is 27.5. The van der Waals surface area contributed by atoms with Crippen LogP contribution in [0.1, 0.15) is 69.1 Å². The van der Waals surface area contributed by atoms with Crippen LogP contribution in [0.5, 0.6) is 0 Å². The van der Waals surface area contributed by atoms with Crippen molar-refractivity contribution in [2.24, 2.45) is 5.41 Å². The van der Waals surface area contributed by atoms with Gasteiger partial charge in [-0.3, -0.25) is 4.79 Å². The lowest BCUT2D eigenvalue weighted by atomic mass is 9.51. The molecule has 34 heavy (non-hydrogen) atoms. The SMILES string of the molecule is CC(C)(O)CNC(=O)C12CCC(c3ccc(NC(=O)N4Cc5ccccc5C4)cc3)(CC1)CC2. The summed E-state index contributed by atoms with van der Waals surface area (Å²) >= 11 is 0. The molecule has 6 heteroatoms. The number of anilines is 1. The zero-order valence-corrected chi connectivity index (χ0v) is 20.2. The van der Waals surface area contributed by atoms with Gasteiger partial charge in [0, 0.05) is 30.7 Å². The van der Waals surface area contributed by atoms with Crippen molar-refractivity contribution in [1.82, 2.24) is 10.2 Å². The van der Waals surface area contributed by atoms with Crippen LogP contribution < -0.4 is 10.6 Å². The van der Waals surface area contributed by atoms with Crippen molar-refractivity contribution in [1.29, 1.82) is 0 Å². The molecule has 0 saturated heterocycles. The molecule has 2 aromatic rings. The molecule has 6 nitrogen and oxygen atoms in total. The smallest absolute Gasteiger partial charge is 0.322 e. The Morgan fingerprint density at radius 2 is 1.47 bits per heavy atom. The summed E-state index contributed by atoms with van der Waals surface area (Å²) in [5.41, 5.74) is 3.50. The van der Waals surface area contributed by atoms with E-state index in [0.717, 1.165) is 44.2 Å². The molecular weight excluding hydrogens is 426 g/mol. The number of carbonyl (C=O) groups excluding carboxylic acids is 2. The first-order valence-electron chi connectivity index (χ1n) is 12.4. The predicted octanol–water partition coefficient (Wildman–Crippen LogP) is 4.71. The number of aliphatic hydroxyl groups is 1. The van der Waals surface area contributed by atoms with Gasteiger partial charge in [0.1, 0.15) is 0 Å². The maximum atomic E-state index is 12.9. The van der Waals surface area contributed by atoms with Crippen molar-refractivity contribution in [3.8, 4) is 0 Å². The number of nitrogens with one attached hydrogen (secondary N) is 2. The molecule has 4 aliphatic rings. The Bertz CT molecular complexity index is 1040. The minimum atomic E-state index is -0.894. The quantitative estimate of drug-likeness (QED) is 0.603. The zero-order valence-electron chi connectivity index (χ0n) is 20.2. The van der Waals surface area contributed by atoms with Gasteiger partial charge in [0.15, 0.2) is 0 Å². The van der Waals surface area contributed by atoms with Crippen LogP contribution in [0.2, 0.25) is 0 Å². The highest BCUT2D eigenvalue weighted by Gasteiger charge is 2.52. The number of benzene rings is 2. The molecule has 3 fully saturated rings. The highest BCUT2D eigenvalue weighted by atomic mass is 16.3. The van der Waals surface area contributed by atoms with E-state index in [4.69, 9.17) is 0 Å². The van der Waals surface area contributed by atoms with Crippen LogP contribution in [-0.2, 0) is 23.3 Å². The number of carbonyl (C=O) groups is 2. The lowest BCUT2D eigenvalue weighted by molar-refractivity contribution is -0.138. The topological polar surface area (TPSA) is 81.7 Å². The van der Waals surface area contributed by atoms with E-state index < -0.39 is 5.60 Å². The summed E-state index contributed by atoms with van der Waals surface area (Å²) in [5, 5.41) is 16.0. The van der Waals surface area contributed by atoms with Crippen LogP contribution >= 0.6 is 0 Å². The average molecular weight is 462 g/mol. The maximum absolute atomic E-state index is 12.9. The molecule has 0 atom stereocenters. The highest BCUT2D eigenvalue weighted by molar-refractivity contribution is 5.89. The van der Waals surface area contributed by atoms with E-state index in [-0.39, 0.29) is 29.3 Å². The molecule has 3 aliphatic carbocycles. The van der Waals surface area contributed by atoms with Crippen molar-refractivity contribution in [2.45, 2.75) is 76.5 Å². The van der Waals surface area contributed by atoms with E-state index in [1.54, 1.807) is 13.8 Å². The van der Waals surface area contributed by atoms with Gasteiger partial charge in [0.25, 0.3) is 0 Å². The van der Waals surface area contributed by atoms with Gasteiger partial charge in [0.2, 0.25) is 5.91 Å². The van der Waals surface area contributed by atoms with Gasteiger partial charge in [-0.15, -0.1) is 0 Å². The van der Waals surface area contributed by atoms with Crippen molar-refractivity contribution in [2.75, 3.05) is 11.9 Å². The van der Waals surface area contributed by atoms with Crippen molar-refractivity contribution < 1.29 is 14.7 Å². The van der Waals surface area contributed by atoms with Crippen molar-refractivity contribution >= 4 is 17.6 Å². The van der Waals surface area contributed by atoms with E-state index >= 15 is 0 Å². The first-order chi connectivity index (χ1) is 16.2. The number of rotatable bonds is 5. The Morgan fingerprint density at radius 3 is 2.00 bits per heavy atom. The fourth-order valence-corrected chi connectivity index (χ4v) is 6.03. The van der Waals surface area contributed by atoms with Gasteiger partial charge in [-0.2, -0.15) is 0 Å². The molecule has 3 saturated carbocycles. The van der Waals surface area contributed by atoms with Crippen LogP contribution in [0.15, 0.2) is 48.5 Å². The normalized spacial score (nSPS) is 25.7. The predicted molar refractivity (Wildman–Crippen MR) is 132 cm³/mol. The molecule has 2 bridgehead atoms. The second kappa shape index (κ2) is 8.42. The van der Waals surface area contributed by atoms with Gasteiger partial charge in [-0.1, -0.05) is 36.4 Å². The third-order valence-electron chi connectivity index (χ3n) is 8.29. The number of urea groups is 1. The van der Waals surface area contributed by atoms with Gasteiger partial charge in [-0.25, -0.2) is 4.79 Å². The van der Waals surface area contributed by atoms with Crippen molar-refractivity contribution in [3.05, 3.63) is 65.2 Å². The Kier molecular flexibility index (Phi) is 5.67. The third kappa shape index (κ3) is 4.31. The summed E-state index contributed by atoms with van der Waals surface area (Å²) in [5.74, 6) is 0.102. The average Bonchev–Trinajstić information content (AvgIpc) is 3.28. The summed E-state index contributed by atoms with van der Waals surface area (Å²) in [6, 6.07) is 16.5. The second-order valence-corrected chi connectivity index (χ2v) is 11.2. The fourth-order valence-electron chi connectivity index (χ4n) is 6.03. The Labute approximate surface area is 201 Å². The summed E-state index contributed by atoms with van der Waals surface area (Å²) in [7, 11) is 0. The van der Waals surface area contributed by atoms with Crippen LogP contribution in [-0.4, -0.2) is 34.1 Å². The zero-order chi connectivity index (χ0) is 24.0. The number of hydrogen-bond donors (Lipinski definition) is 3. The highest BCUT2D eigenvalue weighted by Crippen LogP contribution is 2.57. The van der Waals surface area contributed by atoms with Gasteiger partial charge >= 0.3 is 6.03 Å². The van der Waals surface area contributed by atoms with Crippen LogP contribution in [0, 0.1) is 5.41 Å². The minimum absolute atomic E-state index is 0.0701. The summed E-state index contributed by atoms with van der Waals surface area (Å²) < 4.78 is 0. The molecule has 0 radical (unpaired) electrons. The minimum Gasteiger partial charge on any atom is -0.389 e. The Hall–Kier alpha value is -2.86. The molecule has 0 aromatic heterocycles. The molecule has 0 spiro atoms. The standard InChI is InChI=1S/C28H35N3O3/c1-26(2,34)19-29-24(32)28-14-11-27(12-15-28,13-16-28)22-7-9-23(10-8-22)30-25(33)31-17-20-5-3-4-6-21(20)18-31/h3-10,34H,11-19H2,1-2H3,(H,29,32)(H,30,33). The fraction of sp³-hybridized carbons (Fsp3) is 0.500. The monoisotopic (exact) mass is 461 g/mol. The number of amides is 3. The number of fused-ring (bicyclic) bond motifs is 4. The molecule has 3 N–H and O–H groups in total. The lowest BCUT2D eigenvalue weighted by Crippen LogP contribution is -2.53. The van der Waals surface area contributed by atoms with Crippen molar-refractivity contribution in [3.63, 3.8) is 0 Å². The molecule has 2 aromatic carbocycles. The third-order valence-corrected chi connectivity index (χ3v) is 8.29. The molecule has 1 heterocycles. The van der Waals surface area contributed by atoms with E-state index in [0.29, 0.717) is 13.1 Å². The van der Waals surface area contributed by atoms with Crippen LogP contribution in [0.4, 0.5) is 10.5 Å². The first-order valence-corrected chi connectivity index (χ1v) is 12.4. The molecule has 1 aliphatic heterocycles. The summed E-state index contributed by atoms with van der Waals surface area (Å²) in [6.07, 6.45) is 5.66. The number of hydrogen-bond acceptors (Lipinski definition) is 3. The maximum Gasteiger partial charge on any atom is 0.322 e. The van der Waals surface area contributed by atoms with Gasteiger partial charge in [-0.05, 0) is 86.6 Å². The van der Waals surface area contributed by atoms with E-state index in [9.17, 15) is 14.7 Å². The first kappa shape index (κ1) is 22.9. The second-order valence-electron chi connectivity index (χ2n) is 11.2. The van der Waals surface area contributed by atoms with E-state index in [1.165, 1.54) is 16.7 Å². The molecule has 0 unspecified atom stereocenters. The Morgan fingerprint density at radius 1 is 0.912 bits per heavy atom. The Balaban J connectivity index is 1.19. The van der Waals surface area contributed by atoms with Crippen LogP contribution in [0.25, 0.3) is 0 Å². The molecular formula is C28H35N3O3. The van der Waals surface area contributed by atoms with E-state index in [2.05, 4.69) is 34.9 Å². The van der Waals surface area contributed by atoms with Gasteiger partial charge < -0.3 is 20.6 Å². The lowest BCUT2D eigenvalue weighted by Gasteiger charge is -2.53.